The van der Waals surface area contributed by atoms with E-state index < -0.39 is 0 Å². The Bertz CT molecular complexity index is 976. The molecule has 2 aromatic carbocycles. The molecule has 0 N–H and O–H groups in total. The van der Waals surface area contributed by atoms with Gasteiger partial charge >= 0.3 is 0 Å². The number of fused-ring (bicyclic) bond motifs is 2. The molecule has 0 saturated heterocycles. The average Bonchev–Trinajstić information content (AvgIpc) is 3.26. The Labute approximate surface area is 166 Å². The van der Waals surface area contributed by atoms with Crippen molar-refractivity contribution in [2.45, 2.75) is 25.7 Å². The van der Waals surface area contributed by atoms with Crippen LogP contribution in [0.15, 0.2) is 60.7 Å². The fourth-order valence-corrected chi connectivity index (χ4v) is 5.06. The van der Waals surface area contributed by atoms with Crippen LogP contribution in [0.1, 0.15) is 24.0 Å². The molecule has 0 atom stereocenters. The Hall–Kier alpha value is -2.03. The van der Waals surface area contributed by atoms with Crippen LogP contribution in [-0.4, -0.2) is 29.1 Å². The molecule has 3 heteroatoms. The Morgan fingerprint density at radius 2 is 1.70 bits per heavy atom. The molecule has 138 valence electrons. The van der Waals surface area contributed by atoms with E-state index in [-0.39, 0.29) is 0 Å². The zero-order chi connectivity index (χ0) is 18.2. The van der Waals surface area contributed by atoms with Crippen molar-refractivity contribution < 1.29 is 0 Å². The molecule has 0 radical (unpaired) electrons. The molecule has 2 heterocycles. The van der Waals surface area contributed by atoms with Gasteiger partial charge in [-0.2, -0.15) is 0 Å². The molecule has 0 unspecified atom stereocenters. The zero-order valence-electron chi connectivity index (χ0n) is 15.6. The highest BCUT2D eigenvalue weighted by Crippen LogP contribution is 2.31. The summed E-state index contributed by atoms with van der Waals surface area (Å²) in [5, 5.41) is 2.03. The number of benzene rings is 2. The van der Waals surface area contributed by atoms with E-state index in [4.69, 9.17) is 11.6 Å². The summed E-state index contributed by atoms with van der Waals surface area (Å²) >= 11 is 6.54. The van der Waals surface area contributed by atoms with Gasteiger partial charge in [0, 0.05) is 30.6 Å². The highest BCUT2D eigenvalue weighted by molar-refractivity contribution is 6.31. The summed E-state index contributed by atoms with van der Waals surface area (Å²) in [6, 6.07) is 19.5. The standard InChI is InChI=1S/C24H25ClN2/c25-24-17-21-7-3-4-8-23(21)27(24)22-10-13-26(14-11-22)12-9-18-15-19-5-1-2-6-20(19)16-18/h1-8,10,17-18H,9,11-16H2. The molecular formula is C24H25ClN2. The van der Waals surface area contributed by atoms with Gasteiger partial charge in [0.05, 0.1) is 5.52 Å². The minimum Gasteiger partial charge on any atom is -0.304 e. The van der Waals surface area contributed by atoms with Crippen LogP contribution in [0.25, 0.3) is 16.6 Å². The third kappa shape index (κ3) is 3.33. The minimum absolute atomic E-state index is 0.815. The van der Waals surface area contributed by atoms with E-state index in [9.17, 15) is 0 Å². The van der Waals surface area contributed by atoms with Crippen molar-refractivity contribution in [2.24, 2.45) is 5.92 Å². The predicted octanol–water partition coefficient (Wildman–Crippen LogP) is 5.65. The van der Waals surface area contributed by atoms with Gasteiger partial charge in [0.2, 0.25) is 0 Å². The molecule has 2 aliphatic rings. The fraction of sp³-hybridized carbons (Fsp3) is 0.333. The summed E-state index contributed by atoms with van der Waals surface area (Å²) in [5.74, 6) is 0.815. The average molecular weight is 377 g/mol. The van der Waals surface area contributed by atoms with Gasteiger partial charge in [0.15, 0.2) is 0 Å². The molecule has 1 aliphatic carbocycles. The third-order valence-electron chi connectivity index (χ3n) is 6.21. The zero-order valence-corrected chi connectivity index (χ0v) is 16.3. The van der Waals surface area contributed by atoms with E-state index in [0.717, 1.165) is 30.6 Å². The second kappa shape index (κ2) is 7.18. The van der Waals surface area contributed by atoms with Gasteiger partial charge in [0.1, 0.15) is 5.15 Å². The van der Waals surface area contributed by atoms with E-state index in [0.29, 0.717) is 0 Å². The van der Waals surface area contributed by atoms with Crippen LogP contribution in [0.2, 0.25) is 5.15 Å². The maximum atomic E-state index is 6.54. The topological polar surface area (TPSA) is 8.17 Å². The first-order valence-corrected chi connectivity index (χ1v) is 10.4. The molecule has 0 amide bonds. The molecule has 3 aromatic rings. The van der Waals surface area contributed by atoms with Crippen molar-refractivity contribution in [3.05, 3.63) is 77.0 Å². The number of para-hydroxylation sites is 1. The van der Waals surface area contributed by atoms with E-state index >= 15 is 0 Å². The second-order valence-corrected chi connectivity index (χ2v) is 8.33. The lowest BCUT2D eigenvalue weighted by atomic mass is 10.0. The number of aromatic nitrogens is 1. The van der Waals surface area contributed by atoms with Crippen LogP contribution in [0.3, 0.4) is 0 Å². The molecule has 5 rings (SSSR count). The van der Waals surface area contributed by atoms with E-state index in [1.165, 1.54) is 42.4 Å². The second-order valence-electron chi connectivity index (χ2n) is 7.94. The van der Waals surface area contributed by atoms with Crippen LogP contribution in [-0.2, 0) is 12.8 Å². The van der Waals surface area contributed by atoms with Crippen LogP contribution >= 0.6 is 11.6 Å². The summed E-state index contributed by atoms with van der Waals surface area (Å²) < 4.78 is 2.22. The molecule has 27 heavy (non-hydrogen) atoms. The summed E-state index contributed by atoms with van der Waals surface area (Å²) in [7, 11) is 0. The monoisotopic (exact) mass is 376 g/mol. The molecule has 2 nitrogen and oxygen atoms in total. The van der Waals surface area contributed by atoms with Gasteiger partial charge in [-0.15, -0.1) is 0 Å². The predicted molar refractivity (Wildman–Crippen MR) is 114 cm³/mol. The number of nitrogens with zero attached hydrogens (tertiary/aromatic N) is 2. The molecule has 0 saturated carbocycles. The SMILES string of the molecule is Clc1cc2ccccc2n1C1=CCN(CCC2Cc3ccccc3C2)CC1. The van der Waals surface area contributed by atoms with Gasteiger partial charge in [-0.1, -0.05) is 60.1 Å². The maximum Gasteiger partial charge on any atom is 0.114 e. The van der Waals surface area contributed by atoms with Gasteiger partial charge in [-0.3, -0.25) is 4.90 Å². The van der Waals surface area contributed by atoms with Crippen molar-refractivity contribution in [3.63, 3.8) is 0 Å². The Kier molecular flexibility index (Phi) is 4.55. The molecule has 1 aliphatic heterocycles. The summed E-state index contributed by atoms with van der Waals surface area (Å²) in [6.45, 7) is 3.34. The molecular weight excluding hydrogens is 352 g/mol. The molecule has 0 spiro atoms. The number of halogens is 1. The van der Waals surface area contributed by atoms with Gasteiger partial charge in [0.25, 0.3) is 0 Å². The lowest BCUT2D eigenvalue weighted by molar-refractivity contribution is 0.274. The van der Waals surface area contributed by atoms with Gasteiger partial charge in [-0.05, 0) is 55.0 Å². The van der Waals surface area contributed by atoms with Crippen molar-refractivity contribution >= 4 is 28.2 Å². The number of hydrogen-bond acceptors (Lipinski definition) is 1. The summed E-state index contributed by atoms with van der Waals surface area (Å²) in [4.78, 5) is 2.59. The van der Waals surface area contributed by atoms with Gasteiger partial charge < -0.3 is 4.57 Å². The highest BCUT2D eigenvalue weighted by Gasteiger charge is 2.22. The van der Waals surface area contributed by atoms with Crippen molar-refractivity contribution in [3.8, 4) is 0 Å². The Balaban J connectivity index is 1.22. The maximum absolute atomic E-state index is 6.54. The Morgan fingerprint density at radius 3 is 2.44 bits per heavy atom. The molecule has 0 bridgehead atoms. The quantitative estimate of drug-likeness (QED) is 0.571. The smallest absolute Gasteiger partial charge is 0.114 e. The number of hydrogen-bond donors (Lipinski definition) is 0. The first kappa shape index (κ1) is 17.1. The van der Waals surface area contributed by atoms with Crippen molar-refractivity contribution in [2.75, 3.05) is 19.6 Å². The van der Waals surface area contributed by atoms with Crippen LogP contribution in [0.4, 0.5) is 0 Å². The van der Waals surface area contributed by atoms with Crippen LogP contribution < -0.4 is 0 Å². The Morgan fingerprint density at radius 1 is 0.963 bits per heavy atom. The molecule has 0 fully saturated rings. The third-order valence-corrected chi connectivity index (χ3v) is 6.49. The lowest BCUT2D eigenvalue weighted by Crippen LogP contribution is -2.31. The van der Waals surface area contributed by atoms with E-state index in [1.54, 1.807) is 11.1 Å². The van der Waals surface area contributed by atoms with E-state index in [1.807, 2.05) is 0 Å². The molecule has 1 aromatic heterocycles. The van der Waals surface area contributed by atoms with E-state index in [2.05, 4.69) is 70.1 Å². The van der Waals surface area contributed by atoms with Crippen molar-refractivity contribution in [1.82, 2.24) is 9.47 Å². The largest absolute Gasteiger partial charge is 0.304 e. The summed E-state index contributed by atoms with van der Waals surface area (Å²) in [5.41, 5.74) is 5.69. The first-order chi connectivity index (χ1) is 13.3. The summed E-state index contributed by atoms with van der Waals surface area (Å²) in [6.07, 6.45) is 7.24. The lowest BCUT2D eigenvalue weighted by Gasteiger charge is -2.28. The van der Waals surface area contributed by atoms with Gasteiger partial charge in [-0.25, -0.2) is 0 Å². The highest BCUT2D eigenvalue weighted by atomic mass is 35.5. The fourth-order valence-electron chi connectivity index (χ4n) is 4.74. The minimum atomic E-state index is 0.815. The first-order valence-electron chi connectivity index (χ1n) is 10.0. The van der Waals surface area contributed by atoms with Crippen LogP contribution in [0.5, 0.6) is 0 Å². The number of rotatable bonds is 4. The van der Waals surface area contributed by atoms with Crippen molar-refractivity contribution in [1.29, 1.82) is 0 Å². The van der Waals surface area contributed by atoms with Crippen LogP contribution in [0, 0.1) is 5.92 Å². The normalized spacial score (nSPS) is 18.0.